The second-order valence-electron chi connectivity index (χ2n) is 3.76. The minimum Gasteiger partial charge on any atom is -0.463 e. The molecule has 0 aliphatic heterocycles. The quantitative estimate of drug-likeness (QED) is 0.864. The van der Waals surface area contributed by atoms with Crippen LogP contribution in [-0.2, 0) is 4.74 Å². The van der Waals surface area contributed by atoms with E-state index in [1.54, 1.807) is 18.2 Å². The van der Waals surface area contributed by atoms with E-state index < -0.39 is 12.1 Å². The molecule has 2 rings (SSSR count). The number of aliphatic hydroxyl groups is 1. The van der Waals surface area contributed by atoms with Gasteiger partial charge in [-0.3, -0.25) is 0 Å². The number of hydrogen-bond donors (Lipinski definition) is 1. The van der Waals surface area contributed by atoms with Gasteiger partial charge in [-0.2, -0.15) is 0 Å². The molecule has 0 saturated carbocycles. The van der Waals surface area contributed by atoms with E-state index in [9.17, 15) is 9.90 Å². The summed E-state index contributed by atoms with van der Waals surface area (Å²) < 4.78 is 10.6. The van der Waals surface area contributed by atoms with Crippen LogP contribution in [0.2, 0.25) is 5.02 Å². The number of methoxy groups -OCH3 is 1. The van der Waals surface area contributed by atoms with Crippen LogP contribution in [0.1, 0.15) is 28.0 Å². The fourth-order valence-corrected chi connectivity index (χ4v) is 2.19. The topological polar surface area (TPSA) is 59.7 Å². The monoisotopic (exact) mass is 344 g/mol. The lowest BCUT2D eigenvalue weighted by Crippen LogP contribution is -2.01. The van der Waals surface area contributed by atoms with Gasteiger partial charge in [0.1, 0.15) is 11.9 Å². The van der Waals surface area contributed by atoms with E-state index in [2.05, 4.69) is 20.7 Å². The van der Waals surface area contributed by atoms with E-state index in [-0.39, 0.29) is 11.5 Å². The maximum Gasteiger partial charge on any atom is 0.373 e. The molecule has 0 spiro atoms. The largest absolute Gasteiger partial charge is 0.463 e. The van der Waals surface area contributed by atoms with Crippen LogP contribution in [0.4, 0.5) is 0 Å². The minimum atomic E-state index is -1.05. The standard InChI is InChI=1S/C13H10BrClO4/c1-18-13(17)11-5-4-10(19-11)12(16)8-6-7(14)2-3-9(8)15/h2-6,12,16H,1H3. The predicted molar refractivity (Wildman–Crippen MR) is 73.3 cm³/mol. The third kappa shape index (κ3) is 3.00. The van der Waals surface area contributed by atoms with Crippen molar-refractivity contribution in [2.24, 2.45) is 0 Å². The number of rotatable bonds is 3. The molecule has 1 aromatic heterocycles. The zero-order valence-electron chi connectivity index (χ0n) is 9.89. The number of aliphatic hydroxyl groups excluding tert-OH is 1. The van der Waals surface area contributed by atoms with Crippen LogP contribution < -0.4 is 0 Å². The minimum absolute atomic E-state index is 0.0302. The van der Waals surface area contributed by atoms with Crippen LogP contribution in [-0.4, -0.2) is 18.2 Å². The summed E-state index contributed by atoms with van der Waals surface area (Å²) in [7, 11) is 1.26. The van der Waals surface area contributed by atoms with Crippen molar-refractivity contribution in [1.29, 1.82) is 0 Å². The van der Waals surface area contributed by atoms with E-state index >= 15 is 0 Å². The van der Waals surface area contributed by atoms with Gasteiger partial charge in [-0.1, -0.05) is 27.5 Å². The van der Waals surface area contributed by atoms with E-state index in [0.717, 1.165) is 4.47 Å². The van der Waals surface area contributed by atoms with Crippen molar-refractivity contribution >= 4 is 33.5 Å². The highest BCUT2D eigenvalue weighted by atomic mass is 79.9. The molecule has 4 nitrogen and oxygen atoms in total. The summed E-state index contributed by atoms with van der Waals surface area (Å²) in [6.45, 7) is 0. The Morgan fingerprint density at radius 1 is 1.42 bits per heavy atom. The molecule has 0 aliphatic rings. The van der Waals surface area contributed by atoms with Crippen molar-refractivity contribution in [3.05, 3.63) is 56.9 Å². The first-order valence-corrected chi connectivity index (χ1v) is 6.51. The molecule has 1 aromatic carbocycles. The number of carbonyl (C=O) groups excluding carboxylic acids is 1. The van der Waals surface area contributed by atoms with Crippen molar-refractivity contribution < 1.29 is 19.1 Å². The van der Waals surface area contributed by atoms with Crippen molar-refractivity contribution in [3.63, 3.8) is 0 Å². The van der Waals surface area contributed by atoms with Gasteiger partial charge in [0, 0.05) is 15.1 Å². The van der Waals surface area contributed by atoms with Crippen LogP contribution >= 0.6 is 27.5 Å². The number of ether oxygens (including phenoxy) is 1. The second kappa shape index (κ2) is 5.77. The van der Waals surface area contributed by atoms with Crippen LogP contribution in [0.5, 0.6) is 0 Å². The molecule has 0 fully saturated rings. The third-order valence-corrected chi connectivity index (χ3v) is 3.37. The zero-order valence-corrected chi connectivity index (χ0v) is 12.2. The molecule has 1 heterocycles. The Hall–Kier alpha value is -1.30. The molecular weight excluding hydrogens is 335 g/mol. The molecular formula is C13H10BrClO4. The number of carbonyl (C=O) groups is 1. The molecule has 2 aromatic rings. The summed E-state index contributed by atoms with van der Waals surface area (Å²) in [6, 6.07) is 8.06. The van der Waals surface area contributed by atoms with Gasteiger partial charge in [0.05, 0.1) is 7.11 Å². The summed E-state index contributed by atoms with van der Waals surface area (Å²) in [5.74, 6) is -0.346. The maximum atomic E-state index is 11.3. The van der Waals surface area contributed by atoms with Crippen LogP contribution in [0.25, 0.3) is 0 Å². The highest BCUT2D eigenvalue weighted by Crippen LogP contribution is 2.31. The second-order valence-corrected chi connectivity index (χ2v) is 5.08. The highest BCUT2D eigenvalue weighted by molar-refractivity contribution is 9.10. The number of hydrogen-bond acceptors (Lipinski definition) is 4. The lowest BCUT2D eigenvalue weighted by Gasteiger charge is -2.10. The smallest absolute Gasteiger partial charge is 0.373 e. The fraction of sp³-hybridized carbons (Fsp3) is 0.154. The van der Waals surface area contributed by atoms with Crippen molar-refractivity contribution in [2.75, 3.05) is 7.11 Å². The Morgan fingerprint density at radius 2 is 2.16 bits per heavy atom. The van der Waals surface area contributed by atoms with E-state index in [1.807, 2.05) is 0 Å². The van der Waals surface area contributed by atoms with Crippen LogP contribution in [0.3, 0.4) is 0 Å². The Bertz CT molecular complexity index is 608. The Labute approximate surface area is 123 Å². The molecule has 1 atom stereocenters. The summed E-state index contributed by atoms with van der Waals surface area (Å²) >= 11 is 9.33. The maximum absolute atomic E-state index is 11.3. The van der Waals surface area contributed by atoms with E-state index in [0.29, 0.717) is 10.6 Å². The molecule has 1 unspecified atom stereocenters. The number of esters is 1. The number of halogens is 2. The van der Waals surface area contributed by atoms with Gasteiger partial charge in [0.2, 0.25) is 5.76 Å². The predicted octanol–water partition coefficient (Wildman–Crippen LogP) is 3.56. The van der Waals surface area contributed by atoms with Crippen molar-refractivity contribution in [2.45, 2.75) is 6.10 Å². The Kier molecular flexibility index (Phi) is 4.29. The number of furan rings is 1. The zero-order chi connectivity index (χ0) is 14.0. The van der Waals surface area contributed by atoms with Crippen molar-refractivity contribution in [1.82, 2.24) is 0 Å². The highest BCUT2D eigenvalue weighted by Gasteiger charge is 2.20. The lowest BCUT2D eigenvalue weighted by atomic mass is 10.1. The normalized spacial score (nSPS) is 12.2. The van der Waals surface area contributed by atoms with Crippen molar-refractivity contribution in [3.8, 4) is 0 Å². The molecule has 0 radical (unpaired) electrons. The first-order valence-electron chi connectivity index (χ1n) is 5.34. The summed E-state index contributed by atoms with van der Waals surface area (Å²) in [5, 5.41) is 10.6. The molecule has 100 valence electrons. The summed E-state index contributed by atoms with van der Waals surface area (Å²) in [6.07, 6.45) is -1.05. The van der Waals surface area contributed by atoms with E-state index in [4.69, 9.17) is 16.0 Å². The number of benzene rings is 1. The van der Waals surface area contributed by atoms with Gasteiger partial charge in [-0.25, -0.2) is 4.79 Å². The average molecular weight is 346 g/mol. The van der Waals surface area contributed by atoms with Crippen LogP contribution in [0.15, 0.2) is 39.2 Å². The van der Waals surface area contributed by atoms with Crippen LogP contribution in [0, 0.1) is 0 Å². The lowest BCUT2D eigenvalue weighted by molar-refractivity contribution is 0.0558. The molecule has 0 saturated heterocycles. The molecule has 1 N–H and O–H groups in total. The molecule has 19 heavy (non-hydrogen) atoms. The van der Waals surface area contributed by atoms with Gasteiger partial charge in [0.25, 0.3) is 0 Å². The molecule has 0 amide bonds. The van der Waals surface area contributed by atoms with Gasteiger partial charge in [-0.15, -0.1) is 0 Å². The molecule has 0 bridgehead atoms. The summed E-state index contributed by atoms with van der Waals surface area (Å²) in [4.78, 5) is 11.3. The molecule has 0 aliphatic carbocycles. The first kappa shape index (κ1) is 14.1. The van der Waals surface area contributed by atoms with E-state index in [1.165, 1.54) is 19.2 Å². The molecule has 6 heteroatoms. The Morgan fingerprint density at radius 3 is 2.84 bits per heavy atom. The SMILES string of the molecule is COC(=O)c1ccc(C(O)c2cc(Br)ccc2Cl)o1. The average Bonchev–Trinajstić information content (AvgIpc) is 2.89. The van der Waals surface area contributed by atoms with Gasteiger partial charge < -0.3 is 14.3 Å². The van der Waals surface area contributed by atoms with Gasteiger partial charge in [0.15, 0.2) is 0 Å². The third-order valence-electron chi connectivity index (χ3n) is 2.54. The first-order chi connectivity index (χ1) is 9.02. The van der Waals surface area contributed by atoms with Gasteiger partial charge in [-0.05, 0) is 30.3 Å². The summed E-state index contributed by atoms with van der Waals surface area (Å²) in [5.41, 5.74) is 0.488. The van der Waals surface area contributed by atoms with Gasteiger partial charge >= 0.3 is 5.97 Å². The Balaban J connectivity index is 2.33. The fourth-order valence-electron chi connectivity index (χ4n) is 1.59.